The van der Waals surface area contributed by atoms with Crippen LogP contribution in [0.25, 0.3) is 10.3 Å². The van der Waals surface area contributed by atoms with E-state index in [1.807, 2.05) is 7.05 Å². The first kappa shape index (κ1) is 26.1. The first-order chi connectivity index (χ1) is 8.74. The van der Waals surface area contributed by atoms with Gasteiger partial charge in [-0.15, -0.1) is 0 Å². The summed E-state index contributed by atoms with van der Waals surface area (Å²) < 4.78 is 0. The summed E-state index contributed by atoms with van der Waals surface area (Å²) in [5.74, 6) is 3.49. The molecule has 0 saturated heterocycles. The zero-order chi connectivity index (χ0) is 15.8. The fourth-order valence-corrected chi connectivity index (χ4v) is 7.00. The van der Waals surface area contributed by atoms with Gasteiger partial charge >= 0.3 is 28.7 Å². The summed E-state index contributed by atoms with van der Waals surface area (Å²) in [6.07, 6.45) is 0. The standard InChI is InChI=1S/C12H26NSi.C2H6N.CH3.ClH.Ti/c1-8-9(2)11(4)12(10(8)3)14(6,7)13-5;1-3-2;;;/h8-12H,1-7H3;1-2H3;1H3;1H;/q3*-1;;+4/p-1. The van der Waals surface area contributed by atoms with E-state index in [-0.39, 0.29) is 7.43 Å². The van der Waals surface area contributed by atoms with E-state index in [4.69, 9.17) is 4.98 Å². The Balaban J connectivity index is -0.000000426. The normalized spacial score (nSPS) is 32.3. The number of hydrogen-bond donors (Lipinski definition) is 0. The first-order valence-electron chi connectivity index (χ1n) is 7.02. The van der Waals surface area contributed by atoms with E-state index in [1.165, 1.54) is 19.4 Å². The Morgan fingerprint density at radius 3 is 1.25 bits per heavy atom. The molecule has 0 amide bonds. The minimum atomic E-state index is -1.33. The molecule has 0 bridgehead atoms. The van der Waals surface area contributed by atoms with Gasteiger partial charge in [0.15, 0.2) is 0 Å². The molecule has 2 nitrogen and oxygen atoms in total. The maximum absolute atomic E-state index is 4.71. The van der Waals surface area contributed by atoms with Crippen molar-refractivity contribution in [2.24, 2.45) is 23.7 Å². The van der Waals surface area contributed by atoms with E-state index in [0.29, 0.717) is 0 Å². The average molecular weight is 355 g/mol. The molecule has 1 aliphatic rings. The molecule has 1 fully saturated rings. The van der Waals surface area contributed by atoms with Crippen LogP contribution in [0.2, 0.25) is 18.6 Å². The molecule has 0 spiro atoms. The topological polar surface area (TPSA) is 28.2 Å². The summed E-state index contributed by atoms with van der Waals surface area (Å²) in [6, 6.07) is 0. The van der Waals surface area contributed by atoms with Gasteiger partial charge in [-0.3, -0.25) is 0 Å². The van der Waals surface area contributed by atoms with Gasteiger partial charge in [0.05, 0.1) is 0 Å². The van der Waals surface area contributed by atoms with E-state index < -0.39 is 8.24 Å². The molecule has 0 radical (unpaired) electrons. The Morgan fingerprint density at radius 2 is 1.05 bits per heavy atom. The summed E-state index contributed by atoms with van der Waals surface area (Å²) in [7, 11) is 8.84. The van der Waals surface area contributed by atoms with Crippen molar-refractivity contribution in [3.05, 3.63) is 17.7 Å². The zero-order valence-corrected chi connectivity index (χ0v) is 18.5. The molecule has 4 atom stereocenters. The van der Waals surface area contributed by atoms with Gasteiger partial charge < -0.3 is 17.7 Å². The number of halogens is 1. The molecule has 0 aromatic carbocycles. The second-order valence-corrected chi connectivity index (χ2v) is 10.7. The number of rotatable bonds is 2. The van der Waals surface area contributed by atoms with Crippen LogP contribution in [0.15, 0.2) is 0 Å². The van der Waals surface area contributed by atoms with Crippen molar-refractivity contribution in [2.75, 3.05) is 21.1 Å². The fourth-order valence-electron chi connectivity index (χ4n) is 3.53. The van der Waals surface area contributed by atoms with Gasteiger partial charge in [0.25, 0.3) is 0 Å². The molecule has 4 unspecified atom stereocenters. The Kier molecular flexibility index (Phi) is 16.5. The quantitative estimate of drug-likeness (QED) is 0.437. The SMILES string of the molecule is C[N-]C.C[N-][Si](C)(C)C1C(C)C(C)C(C)C1C.[CH3-].[Cl][Ti+3]. The van der Waals surface area contributed by atoms with Gasteiger partial charge in [-0.2, -0.15) is 21.1 Å². The maximum atomic E-state index is 4.71. The van der Waals surface area contributed by atoms with Gasteiger partial charge in [0.1, 0.15) is 0 Å². The predicted octanol–water partition coefficient (Wildman–Crippen LogP) is 5.88. The van der Waals surface area contributed by atoms with Crippen LogP contribution in [0.5, 0.6) is 0 Å². The van der Waals surface area contributed by atoms with Crippen molar-refractivity contribution in [1.82, 2.24) is 0 Å². The Morgan fingerprint density at radius 1 is 0.800 bits per heavy atom. The first-order valence-corrected chi connectivity index (χ1v) is 12.2. The van der Waals surface area contributed by atoms with Crippen LogP contribution < -0.4 is 0 Å². The second kappa shape index (κ2) is 12.7. The van der Waals surface area contributed by atoms with Crippen molar-refractivity contribution in [2.45, 2.75) is 46.3 Å². The minimum absolute atomic E-state index is 0. The second-order valence-electron chi connectivity index (χ2n) is 6.29. The van der Waals surface area contributed by atoms with E-state index in [9.17, 15) is 0 Å². The average Bonchev–Trinajstić information content (AvgIpc) is 2.57. The third kappa shape index (κ3) is 6.93. The van der Waals surface area contributed by atoms with Gasteiger partial charge in [0, 0.05) is 0 Å². The third-order valence-electron chi connectivity index (χ3n) is 5.01. The molecule has 120 valence electrons. The Bertz CT molecular complexity index is 216. The van der Waals surface area contributed by atoms with Crippen molar-refractivity contribution in [3.63, 3.8) is 0 Å². The molecule has 20 heavy (non-hydrogen) atoms. The molecule has 1 saturated carbocycles. The Labute approximate surface area is 145 Å². The van der Waals surface area contributed by atoms with Crippen LogP contribution in [0.1, 0.15) is 27.7 Å². The van der Waals surface area contributed by atoms with Crippen molar-refractivity contribution >= 4 is 17.5 Å². The molecule has 0 aromatic heterocycles. The third-order valence-corrected chi connectivity index (χ3v) is 8.85. The predicted molar refractivity (Wildman–Crippen MR) is 94.6 cm³/mol. The molecular formula is C15H35ClN2SiTi. The number of hydrogen-bond acceptors (Lipinski definition) is 0. The van der Waals surface area contributed by atoms with Gasteiger partial charge in [-0.1, -0.05) is 54.6 Å². The molecule has 0 aromatic rings. The number of nitrogens with zero attached hydrogens (tertiary/aromatic N) is 2. The van der Waals surface area contributed by atoms with Crippen LogP contribution in [0, 0.1) is 31.1 Å². The van der Waals surface area contributed by atoms with E-state index in [1.54, 1.807) is 14.1 Å². The molecular weight excluding hydrogens is 320 g/mol. The molecule has 0 heterocycles. The van der Waals surface area contributed by atoms with Crippen molar-refractivity contribution < 1.29 is 19.4 Å². The van der Waals surface area contributed by atoms with Crippen LogP contribution in [-0.2, 0) is 19.4 Å². The summed E-state index contributed by atoms with van der Waals surface area (Å²) in [6.45, 7) is 14.6. The summed E-state index contributed by atoms with van der Waals surface area (Å²) in [5.41, 5.74) is 0.887. The van der Waals surface area contributed by atoms with E-state index in [0.717, 1.165) is 29.2 Å². The molecule has 1 aliphatic carbocycles. The van der Waals surface area contributed by atoms with Crippen molar-refractivity contribution in [3.8, 4) is 0 Å². The molecule has 1 rings (SSSR count). The van der Waals surface area contributed by atoms with Gasteiger partial charge in [-0.05, 0) is 23.7 Å². The van der Waals surface area contributed by atoms with Gasteiger partial charge in [0.2, 0.25) is 0 Å². The van der Waals surface area contributed by atoms with Crippen molar-refractivity contribution in [1.29, 1.82) is 0 Å². The fraction of sp³-hybridized carbons (Fsp3) is 0.933. The van der Waals surface area contributed by atoms with Crippen LogP contribution in [0.4, 0.5) is 0 Å². The van der Waals surface area contributed by atoms with Crippen LogP contribution in [0.3, 0.4) is 0 Å². The van der Waals surface area contributed by atoms with Crippen LogP contribution >= 0.6 is 9.30 Å². The van der Waals surface area contributed by atoms with E-state index in [2.05, 4.69) is 55.4 Å². The molecule has 5 heteroatoms. The summed E-state index contributed by atoms with van der Waals surface area (Å²) in [4.78, 5) is 4.71. The van der Waals surface area contributed by atoms with Gasteiger partial charge in [-0.25, -0.2) is 0 Å². The molecule has 0 aliphatic heterocycles. The van der Waals surface area contributed by atoms with E-state index >= 15 is 0 Å². The monoisotopic (exact) mass is 354 g/mol. The summed E-state index contributed by atoms with van der Waals surface area (Å²) >= 11 is 1.47. The van der Waals surface area contributed by atoms with Crippen LogP contribution in [-0.4, -0.2) is 29.4 Å². The Hall–Kier alpha value is 1.14. The molecule has 0 N–H and O–H groups in total. The zero-order valence-electron chi connectivity index (χ0n) is 15.2. The summed E-state index contributed by atoms with van der Waals surface area (Å²) in [5, 5.41) is 3.50.